The molecule has 2 aliphatic carbocycles. The van der Waals surface area contributed by atoms with Gasteiger partial charge < -0.3 is 25.7 Å². The number of hydrogen-bond acceptors (Lipinski definition) is 7. The second-order valence-corrected chi connectivity index (χ2v) is 14.6. The second kappa shape index (κ2) is 16.3. The molecule has 48 heavy (non-hydrogen) atoms. The Morgan fingerprint density at radius 2 is 1.77 bits per heavy atom. The van der Waals surface area contributed by atoms with Crippen LogP contribution in [0.4, 0.5) is 0 Å². The average molecular weight is 684 g/mol. The minimum Gasteiger partial charge on any atom is -0.387 e. The minimum absolute atomic E-state index is 0.00353. The van der Waals surface area contributed by atoms with Crippen LogP contribution in [0.15, 0.2) is 29.4 Å². The van der Waals surface area contributed by atoms with Crippen molar-refractivity contribution in [3.8, 4) is 0 Å². The van der Waals surface area contributed by atoms with E-state index in [4.69, 9.17) is 16.4 Å². The van der Waals surface area contributed by atoms with E-state index in [2.05, 4.69) is 21.1 Å². The van der Waals surface area contributed by atoms with Gasteiger partial charge in [-0.15, -0.1) is 0 Å². The zero-order valence-corrected chi connectivity index (χ0v) is 29.0. The molecule has 3 N–H and O–H groups in total. The van der Waals surface area contributed by atoms with Gasteiger partial charge in [-0.3, -0.25) is 24.0 Å². The van der Waals surface area contributed by atoms with Crippen molar-refractivity contribution in [2.45, 2.75) is 140 Å². The summed E-state index contributed by atoms with van der Waals surface area (Å²) in [6, 6.07) is 4.44. The van der Waals surface area contributed by atoms with Gasteiger partial charge >= 0.3 is 0 Å². The maximum atomic E-state index is 14.4. The number of amides is 4. The number of ketones is 1. The van der Waals surface area contributed by atoms with E-state index >= 15 is 0 Å². The standard InChI is InChI=1S/C36H50ClN5O6/c1-3-5-15-28(39-31(43)18-23-11-7-6-8-12-23)35(47)42-22-36(20-29(41-48-36)24-13-9-14-25(37)19-24)21-30(42)33(45)40-27(10-4-2)32(44)34(46)38-26-16-17-26/h9,13-14,19,23,26-28,30H,3-8,10-12,15-18,20-22H2,1-2H3,(H,38,46)(H,39,43)(H,40,45)/t27-,28-,30-,36+/m0/s1. The third-order valence-electron chi connectivity index (χ3n) is 10.0. The maximum absolute atomic E-state index is 14.4. The van der Waals surface area contributed by atoms with Gasteiger partial charge in [0.2, 0.25) is 23.5 Å². The molecule has 1 aromatic carbocycles. The summed E-state index contributed by atoms with van der Waals surface area (Å²) in [5.41, 5.74) is 0.464. The number of unbranched alkanes of at least 4 members (excludes halogenated alkanes) is 1. The molecule has 1 aromatic rings. The van der Waals surface area contributed by atoms with Gasteiger partial charge in [0, 0.05) is 35.9 Å². The first-order valence-electron chi connectivity index (χ1n) is 17.9. The van der Waals surface area contributed by atoms with Crippen LogP contribution < -0.4 is 16.0 Å². The van der Waals surface area contributed by atoms with Crippen molar-refractivity contribution in [1.82, 2.24) is 20.9 Å². The van der Waals surface area contributed by atoms with Gasteiger partial charge in [0.05, 0.1) is 18.3 Å². The number of oxime groups is 1. The predicted octanol–water partition coefficient (Wildman–Crippen LogP) is 4.58. The molecule has 4 amide bonds. The number of carbonyl (C=O) groups is 5. The van der Waals surface area contributed by atoms with Crippen molar-refractivity contribution in [3.05, 3.63) is 34.9 Å². The molecule has 2 heterocycles. The van der Waals surface area contributed by atoms with Crippen LogP contribution in [0, 0.1) is 5.92 Å². The average Bonchev–Trinajstić information content (AvgIpc) is 3.67. The van der Waals surface area contributed by atoms with Gasteiger partial charge in [-0.25, -0.2) is 0 Å². The van der Waals surface area contributed by atoms with E-state index in [0.717, 1.165) is 56.9 Å². The zero-order chi connectivity index (χ0) is 34.3. The number of nitrogens with one attached hydrogen (secondary N) is 3. The molecule has 0 unspecified atom stereocenters. The van der Waals surface area contributed by atoms with Crippen LogP contribution >= 0.6 is 11.6 Å². The summed E-state index contributed by atoms with van der Waals surface area (Å²) in [6.07, 6.45) is 10.8. The van der Waals surface area contributed by atoms with Gasteiger partial charge in [-0.05, 0) is 56.6 Å². The SMILES string of the molecule is CCCC[C@H](NC(=O)CC1CCCCC1)C(=O)N1C[C@@]2(CC(c3cccc(Cl)c3)=NO2)C[C@H]1C(=O)N[C@@H](CCC)C(=O)C(=O)NC1CC1. The number of hydrogen-bond donors (Lipinski definition) is 3. The predicted molar refractivity (Wildman–Crippen MR) is 182 cm³/mol. The van der Waals surface area contributed by atoms with Crippen LogP contribution in [0.3, 0.4) is 0 Å². The molecule has 1 spiro atoms. The molecule has 2 saturated carbocycles. The lowest BCUT2D eigenvalue weighted by atomic mass is 9.87. The van der Waals surface area contributed by atoms with Crippen molar-refractivity contribution in [2.75, 3.05) is 6.54 Å². The van der Waals surface area contributed by atoms with Gasteiger partial charge in [0.1, 0.15) is 12.1 Å². The zero-order valence-electron chi connectivity index (χ0n) is 28.2. The van der Waals surface area contributed by atoms with Crippen molar-refractivity contribution in [3.63, 3.8) is 0 Å². The Hall–Kier alpha value is -3.47. The van der Waals surface area contributed by atoms with E-state index < -0.39 is 41.3 Å². The monoisotopic (exact) mass is 683 g/mol. The first-order chi connectivity index (χ1) is 23.1. The number of Topliss-reactive ketones (excluding diaryl/α,β-unsaturated/α-hetero) is 1. The molecule has 4 atom stereocenters. The summed E-state index contributed by atoms with van der Waals surface area (Å²) in [5.74, 6) is -2.12. The normalized spacial score (nSPS) is 23.6. The third kappa shape index (κ3) is 9.15. The van der Waals surface area contributed by atoms with E-state index in [1.165, 1.54) is 11.3 Å². The number of benzene rings is 1. The quantitative estimate of drug-likeness (QED) is 0.231. The molecule has 1 saturated heterocycles. The fourth-order valence-electron chi connectivity index (χ4n) is 7.19. The largest absolute Gasteiger partial charge is 0.387 e. The highest BCUT2D eigenvalue weighted by Crippen LogP contribution is 2.39. The van der Waals surface area contributed by atoms with Gasteiger partial charge in [0.25, 0.3) is 5.91 Å². The molecule has 11 nitrogen and oxygen atoms in total. The summed E-state index contributed by atoms with van der Waals surface area (Å²) >= 11 is 6.24. The van der Waals surface area contributed by atoms with Crippen LogP contribution in [-0.4, -0.2) is 76.3 Å². The Kier molecular flexibility index (Phi) is 12.2. The highest BCUT2D eigenvalue weighted by Gasteiger charge is 2.55. The highest BCUT2D eigenvalue weighted by molar-refractivity contribution is 6.38. The van der Waals surface area contributed by atoms with Crippen LogP contribution in [0.2, 0.25) is 5.02 Å². The number of halogens is 1. The fourth-order valence-corrected chi connectivity index (χ4v) is 7.38. The van der Waals surface area contributed by atoms with Gasteiger partial charge in [-0.2, -0.15) is 0 Å². The lowest BCUT2D eigenvalue weighted by Crippen LogP contribution is -2.56. The van der Waals surface area contributed by atoms with E-state index in [1.54, 1.807) is 12.1 Å². The van der Waals surface area contributed by atoms with E-state index in [1.807, 2.05) is 26.0 Å². The maximum Gasteiger partial charge on any atom is 0.289 e. The minimum atomic E-state index is -1.02. The Labute approximate surface area is 288 Å². The first-order valence-corrected chi connectivity index (χ1v) is 18.2. The van der Waals surface area contributed by atoms with Crippen LogP contribution in [0.1, 0.15) is 116 Å². The third-order valence-corrected chi connectivity index (χ3v) is 10.2. The summed E-state index contributed by atoms with van der Waals surface area (Å²) in [4.78, 5) is 75.1. The van der Waals surface area contributed by atoms with Crippen molar-refractivity contribution >= 4 is 46.7 Å². The molecule has 3 fully saturated rings. The Bertz CT molecular complexity index is 1390. The van der Waals surface area contributed by atoms with Crippen molar-refractivity contribution in [2.24, 2.45) is 11.1 Å². The summed E-state index contributed by atoms with van der Waals surface area (Å²) < 4.78 is 0. The van der Waals surface area contributed by atoms with E-state index in [0.29, 0.717) is 42.3 Å². The topological polar surface area (TPSA) is 146 Å². The fraction of sp³-hybridized carbons (Fsp3) is 0.667. The Balaban J connectivity index is 1.36. The van der Waals surface area contributed by atoms with Crippen molar-refractivity contribution < 1.29 is 28.8 Å². The van der Waals surface area contributed by atoms with Crippen molar-refractivity contribution in [1.29, 1.82) is 0 Å². The molecule has 5 rings (SSSR count). The first kappa shape index (κ1) is 35.8. The van der Waals surface area contributed by atoms with Crippen LogP contribution in [-0.2, 0) is 28.8 Å². The molecule has 4 aliphatic rings. The molecule has 0 aromatic heterocycles. The summed E-state index contributed by atoms with van der Waals surface area (Å²) in [5, 5.41) is 13.5. The number of rotatable bonds is 15. The smallest absolute Gasteiger partial charge is 0.289 e. The molecule has 0 radical (unpaired) electrons. The van der Waals surface area contributed by atoms with Crippen LogP contribution in [0.5, 0.6) is 0 Å². The number of nitrogens with zero attached hydrogens (tertiary/aromatic N) is 2. The van der Waals surface area contributed by atoms with Gasteiger partial charge in [0.15, 0.2) is 5.60 Å². The lowest BCUT2D eigenvalue weighted by Gasteiger charge is -2.30. The molecule has 12 heteroatoms. The molecule has 262 valence electrons. The summed E-state index contributed by atoms with van der Waals surface area (Å²) in [7, 11) is 0. The Morgan fingerprint density at radius 3 is 2.46 bits per heavy atom. The van der Waals surface area contributed by atoms with Gasteiger partial charge in [-0.1, -0.05) is 81.3 Å². The van der Waals surface area contributed by atoms with Crippen LogP contribution in [0.25, 0.3) is 0 Å². The number of carbonyl (C=O) groups excluding carboxylic acids is 5. The second-order valence-electron chi connectivity index (χ2n) is 14.1. The van der Waals surface area contributed by atoms with E-state index in [-0.39, 0.29) is 37.2 Å². The highest BCUT2D eigenvalue weighted by atomic mass is 35.5. The Morgan fingerprint density at radius 1 is 1.00 bits per heavy atom. The number of likely N-dealkylation sites (tertiary alicyclic amines) is 1. The summed E-state index contributed by atoms with van der Waals surface area (Å²) in [6.45, 7) is 3.98. The molecule has 2 aliphatic heterocycles. The molecule has 0 bridgehead atoms. The van der Waals surface area contributed by atoms with E-state index in [9.17, 15) is 24.0 Å². The molecular formula is C36H50ClN5O6. The molecular weight excluding hydrogens is 634 g/mol. The lowest BCUT2D eigenvalue weighted by molar-refractivity contribution is -0.143.